The van der Waals surface area contributed by atoms with Crippen LogP contribution in [0.25, 0.3) is 0 Å². The Kier molecular flexibility index (Phi) is 7.16. The second kappa shape index (κ2) is 9.80. The van der Waals surface area contributed by atoms with Gasteiger partial charge in [-0.3, -0.25) is 14.4 Å². The van der Waals surface area contributed by atoms with Crippen LogP contribution in [0.2, 0.25) is 5.02 Å². The molecule has 2 N–H and O–H groups in total. The molecular weight excluding hydrogens is 414 g/mol. The van der Waals surface area contributed by atoms with Crippen LogP contribution in [-0.4, -0.2) is 52.5 Å². The van der Waals surface area contributed by atoms with Gasteiger partial charge < -0.3 is 15.5 Å². The van der Waals surface area contributed by atoms with Gasteiger partial charge in [-0.1, -0.05) is 29.9 Å². The van der Waals surface area contributed by atoms with E-state index in [9.17, 15) is 14.4 Å². The summed E-state index contributed by atoms with van der Waals surface area (Å²) < 4.78 is 0. The van der Waals surface area contributed by atoms with Crippen molar-refractivity contribution in [3.63, 3.8) is 0 Å². The SMILES string of the molecule is CCCNC(=O)C1CCCN(C(=O)c2nnc(C(=O)Nc3ccc(Cl)cc3)s2)C1. The van der Waals surface area contributed by atoms with Gasteiger partial charge in [-0.25, -0.2) is 0 Å². The average molecular weight is 436 g/mol. The Morgan fingerprint density at radius 1 is 1.21 bits per heavy atom. The summed E-state index contributed by atoms with van der Waals surface area (Å²) in [5.74, 6) is -0.995. The van der Waals surface area contributed by atoms with Crippen LogP contribution in [0.15, 0.2) is 24.3 Å². The Balaban J connectivity index is 1.61. The third kappa shape index (κ3) is 5.51. The Bertz CT molecular complexity index is 886. The number of aromatic nitrogens is 2. The molecule has 2 aromatic rings. The second-order valence-corrected chi connectivity index (χ2v) is 8.17. The molecule has 0 spiro atoms. The number of piperidine rings is 1. The van der Waals surface area contributed by atoms with Crippen molar-refractivity contribution >= 4 is 46.3 Å². The lowest BCUT2D eigenvalue weighted by Gasteiger charge is -2.31. The van der Waals surface area contributed by atoms with Crippen molar-refractivity contribution in [2.24, 2.45) is 5.92 Å². The zero-order chi connectivity index (χ0) is 20.8. The summed E-state index contributed by atoms with van der Waals surface area (Å²) in [4.78, 5) is 38.9. The number of rotatable bonds is 6. The summed E-state index contributed by atoms with van der Waals surface area (Å²) >= 11 is 6.77. The summed E-state index contributed by atoms with van der Waals surface area (Å²) in [6, 6.07) is 6.67. The van der Waals surface area contributed by atoms with Gasteiger partial charge in [-0.15, -0.1) is 10.2 Å². The van der Waals surface area contributed by atoms with Crippen LogP contribution >= 0.6 is 22.9 Å². The number of benzene rings is 1. The van der Waals surface area contributed by atoms with Crippen molar-refractivity contribution in [1.29, 1.82) is 0 Å². The van der Waals surface area contributed by atoms with Gasteiger partial charge in [0.15, 0.2) is 0 Å². The quantitative estimate of drug-likeness (QED) is 0.725. The van der Waals surface area contributed by atoms with E-state index < -0.39 is 5.91 Å². The summed E-state index contributed by atoms with van der Waals surface area (Å²) in [5, 5.41) is 14.1. The fourth-order valence-electron chi connectivity index (χ4n) is 3.02. The molecule has 0 aliphatic carbocycles. The smallest absolute Gasteiger partial charge is 0.286 e. The van der Waals surface area contributed by atoms with Crippen LogP contribution in [-0.2, 0) is 4.79 Å². The molecule has 0 bridgehead atoms. The highest BCUT2D eigenvalue weighted by molar-refractivity contribution is 7.15. The number of hydrogen-bond donors (Lipinski definition) is 2. The van der Waals surface area contributed by atoms with Crippen molar-refractivity contribution < 1.29 is 14.4 Å². The van der Waals surface area contributed by atoms with Crippen molar-refractivity contribution in [2.45, 2.75) is 26.2 Å². The first-order valence-corrected chi connectivity index (χ1v) is 10.6. The maximum Gasteiger partial charge on any atom is 0.286 e. The number of likely N-dealkylation sites (tertiary alicyclic amines) is 1. The van der Waals surface area contributed by atoms with Crippen LogP contribution in [0.5, 0.6) is 0 Å². The molecule has 29 heavy (non-hydrogen) atoms. The molecule has 3 rings (SSSR count). The predicted octanol–water partition coefficient (Wildman–Crippen LogP) is 2.82. The normalized spacial score (nSPS) is 16.3. The number of halogens is 1. The Hall–Kier alpha value is -2.52. The highest BCUT2D eigenvalue weighted by atomic mass is 35.5. The Morgan fingerprint density at radius 3 is 2.66 bits per heavy atom. The molecule has 0 radical (unpaired) electrons. The van der Waals surface area contributed by atoms with E-state index in [1.54, 1.807) is 29.2 Å². The number of nitrogens with zero attached hydrogens (tertiary/aromatic N) is 3. The van der Waals surface area contributed by atoms with Gasteiger partial charge in [-0.05, 0) is 43.5 Å². The Labute approximate surface area is 177 Å². The molecule has 154 valence electrons. The number of hydrogen-bond acceptors (Lipinski definition) is 6. The molecule has 0 saturated carbocycles. The monoisotopic (exact) mass is 435 g/mol. The highest BCUT2D eigenvalue weighted by Gasteiger charge is 2.30. The molecule has 3 amide bonds. The summed E-state index contributed by atoms with van der Waals surface area (Å²) in [6.45, 7) is 3.53. The largest absolute Gasteiger partial charge is 0.356 e. The number of carbonyl (C=O) groups is 3. The molecule has 1 aromatic heterocycles. The maximum atomic E-state index is 12.8. The van der Waals surface area contributed by atoms with E-state index >= 15 is 0 Å². The van der Waals surface area contributed by atoms with E-state index in [1.807, 2.05) is 6.92 Å². The van der Waals surface area contributed by atoms with E-state index in [-0.39, 0.29) is 27.7 Å². The lowest BCUT2D eigenvalue weighted by atomic mass is 9.97. The van der Waals surface area contributed by atoms with Gasteiger partial charge in [-0.2, -0.15) is 0 Å². The molecule has 1 aliphatic heterocycles. The van der Waals surface area contributed by atoms with Crippen molar-refractivity contribution in [3.05, 3.63) is 39.3 Å². The van der Waals surface area contributed by atoms with Crippen LogP contribution in [0.1, 0.15) is 45.8 Å². The summed E-state index contributed by atoms with van der Waals surface area (Å²) in [5.41, 5.74) is 0.569. The summed E-state index contributed by atoms with van der Waals surface area (Å²) in [7, 11) is 0. The van der Waals surface area contributed by atoms with E-state index in [1.165, 1.54) is 0 Å². The summed E-state index contributed by atoms with van der Waals surface area (Å²) in [6.07, 6.45) is 2.37. The zero-order valence-electron chi connectivity index (χ0n) is 16.0. The molecule has 8 nitrogen and oxygen atoms in total. The lowest BCUT2D eigenvalue weighted by Crippen LogP contribution is -2.45. The molecule has 10 heteroatoms. The number of nitrogens with one attached hydrogen (secondary N) is 2. The van der Waals surface area contributed by atoms with Crippen molar-refractivity contribution in [1.82, 2.24) is 20.4 Å². The van der Waals surface area contributed by atoms with Gasteiger partial charge in [0.05, 0.1) is 5.92 Å². The van der Waals surface area contributed by atoms with E-state index in [0.29, 0.717) is 30.3 Å². The van der Waals surface area contributed by atoms with E-state index in [0.717, 1.165) is 30.6 Å². The first kappa shape index (κ1) is 21.2. The first-order chi connectivity index (χ1) is 14.0. The second-order valence-electron chi connectivity index (χ2n) is 6.75. The minimum absolute atomic E-state index is 0.0235. The molecule has 1 saturated heterocycles. The molecule has 1 unspecified atom stereocenters. The number of anilines is 1. The van der Waals surface area contributed by atoms with Gasteiger partial charge >= 0.3 is 0 Å². The zero-order valence-corrected chi connectivity index (χ0v) is 17.6. The van der Waals surface area contributed by atoms with Crippen molar-refractivity contribution in [3.8, 4) is 0 Å². The average Bonchev–Trinajstić information content (AvgIpc) is 3.23. The Morgan fingerprint density at radius 2 is 1.93 bits per heavy atom. The van der Waals surface area contributed by atoms with Gasteiger partial charge in [0.25, 0.3) is 11.8 Å². The lowest BCUT2D eigenvalue weighted by molar-refractivity contribution is -0.126. The van der Waals surface area contributed by atoms with E-state index in [4.69, 9.17) is 11.6 Å². The minimum Gasteiger partial charge on any atom is -0.356 e. The highest BCUT2D eigenvalue weighted by Crippen LogP contribution is 2.21. The molecule has 1 aromatic carbocycles. The van der Waals surface area contributed by atoms with Gasteiger partial charge in [0.1, 0.15) is 0 Å². The van der Waals surface area contributed by atoms with Crippen LogP contribution in [0.4, 0.5) is 5.69 Å². The van der Waals surface area contributed by atoms with Crippen LogP contribution in [0, 0.1) is 5.92 Å². The van der Waals surface area contributed by atoms with Crippen molar-refractivity contribution in [2.75, 3.05) is 25.0 Å². The standard InChI is InChI=1S/C19H22ClN5O3S/c1-2-9-21-15(26)12-4-3-10-25(11-12)19(28)18-24-23-17(29-18)16(27)22-14-7-5-13(20)6-8-14/h5-8,12H,2-4,9-11H2,1H3,(H,21,26)(H,22,27). The predicted molar refractivity (Wildman–Crippen MR) is 111 cm³/mol. The fraction of sp³-hybridized carbons (Fsp3) is 0.421. The number of carbonyl (C=O) groups excluding carboxylic acids is 3. The molecular formula is C19H22ClN5O3S. The van der Waals surface area contributed by atoms with Gasteiger partial charge in [0, 0.05) is 30.3 Å². The fourth-order valence-corrected chi connectivity index (χ4v) is 3.86. The van der Waals surface area contributed by atoms with Gasteiger partial charge in [0.2, 0.25) is 15.9 Å². The molecule has 1 aliphatic rings. The third-order valence-electron chi connectivity index (χ3n) is 4.53. The number of amides is 3. The van der Waals surface area contributed by atoms with E-state index in [2.05, 4.69) is 20.8 Å². The third-order valence-corrected chi connectivity index (χ3v) is 5.69. The topological polar surface area (TPSA) is 104 Å². The van der Waals surface area contributed by atoms with Crippen LogP contribution < -0.4 is 10.6 Å². The molecule has 1 fully saturated rings. The van der Waals surface area contributed by atoms with Crippen LogP contribution in [0.3, 0.4) is 0 Å². The first-order valence-electron chi connectivity index (χ1n) is 9.45. The molecule has 2 heterocycles. The minimum atomic E-state index is -0.445. The maximum absolute atomic E-state index is 12.8. The molecule has 1 atom stereocenters.